The van der Waals surface area contributed by atoms with Gasteiger partial charge in [-0.1, -0.05) is 48.2 Å². The van der Waals surface area contributed by atoms with Gasteiger partial charge in [0.05, 0.1) is 24.6 Å². The van der Waals surface area contributed by atoms with Crippen molar-refractivity contribution in [1.29, 1.82) is 0 Å². The molecule has 0 fully saturated rings. The molecule has 5 rings (SSSR count). The summed E-state index contributed by atoms with van der Waals surface area (Å²) in [6, 6.07) is 17.5. The van der Waals surface area contributed by atoms with Crippen LogP contribution in [0.2, 0.25) is 0 Å². The first kappa shape index (κ1) is 19.7. The number of furan rings is 1. The van der Waals surface area contributed by atoms with Gasteiger partial charge in [0.2, 0.25) is 5.16 Å². The van der Waals surface area contributed by atoms with Crippen molar-refractivity contribution in [2.24, 2.45) is 5.10 Å². The number of thioether (sulfide) groups is 1. The van der Waals surface area contributed by atoms with Gasteiger partial charge in [0.25, 0.3) is 5.91 Å². The zero-order valence-electron chi connectivity index (χ0n) is 16.4. The van der Waals surface area contributed by atoms with Gasteiger partial charge in [-0.15, -0.1) is 16.4 Å². The highest BCUT2D eigenvalue weighted by atomic mass is 32.2. The summed E-state index contributed by atoms with van der Waals surface area (Å²) in [5.74, 6) is 0.780. The molecule has 0 radical (unpaired) electrons. The van der Waals surface area contributed by atoms with Gasteiger partial charge in [0, 0.05) is 11.3 Å². The smallest absolute Gasteiger partial charge is 0.253 e. The molecule has 0 N–H and O–H groups in total. The molecule has 4 heterocycles. The molecule has 0 bridgehead atoms. The highest BCUT2D eigenvalue weighted by Gasteiger charge is 2.34. The van der Waals surface area contributed by atoms with Crippen molar-refractivity contribution in [2.75, 3.05) is 5.75 Å². The van der Waals surface area contributed by atoms with Gasteiger partial charge in [0.1, 0.15) is 11.5 Å². The number of tetrazole rings is 1. The van der Waals surface area contributed by atoms with Gasteiger partial charge in [-0.25, -0.2) is 9.69 Å². The molecule has 1 amide bonds. The topological polar surface area (TPSA) is 89.4 Å². The van der Waals surface area contributed by atoms with E-state index >= 15 is 0 Å². The largest absolute Gasteiger partial charge is 0.463 e. The fraction of sp³-hybridized carbons (Fsp3) is 0.190. The van der Waals surface area contributed by atoms with Crippen molar-refractivity contribution in [3.8, 4) is 0 Å². The highest BCUT2D eigenvalue weighted by molar-refractivity contribution is 7.99. The molecule has 156 valence electrons. The number of amides is 1. The third-order valence-corrected chi connectivity index (χ3v) is 6.76. The molecule has 0 unspecified atom stereocenters. The summed E-state index contributed by atoms with van der Waals surface area (Å²) in [4.78, 5) is 14.2. The molecule has 1 atom stereocenters. The first-order chi connectivity index (χ1) is 15.3. The monoisotopic (exact) mass is 450 g/mol. The Hall–Kier alpha value is -3.24. The average molecular weight is 451 g/mol. The molecular weight excluding hydrogens is 432 g/mol. The summed E-state index contributed by atoms with van der Waals surface area (Å²) in [6.45, 7) is 0.548. The SMILES string of the molecule is O=C(CSc1nnnn1Cc1ccccc1)N1N=C(c2ccco2)C[C@H]1c1cccs1. The lowest BCUT2D eigenvalue weighted by Gasteiger charge is -2.20. The first-order valence-electron chi connectivity index (χ1n) is 9.67. The molecule has 0 saturated heterocycles. The van der Waals surface area contributed by atoms with Crippen molar-refractivity contribution < 1.29 is 9.21 Å². The van der Waals surface area contributed by atoms with Crippen molar-refractivity contribution >= 4 is 34.7 Å². The second-order valence-electron chi connectivity index (χ2n) is 6.89. The normalized spacial score (nSPS) is 15.9. The number of hydrogen-bond acceptors (Lipinski definition) is 8. The van der Waals surface area contributed by atoms with E-state index in [-0.39, 0.29) is 17.7 Å². The van der Waals surface area contributed by atoms with Crippen LogP contribution in [0.15, 0.2) is 80.9 Å². The summed E-state index contributed by atoms with van der Waals surface area (Å²) in [7, 11) is 0. The third kappa shape index (κ3) is 4.30. The van der Waals surface area contributed by atoms with Gasteiger partial charge in [-0.05, 0) is 39.6 Å². The lowest BCUT2D eigenvalue weighted by Crippen LogP contribution is -2.28. The van der Waals surface area contributed by atoms with Crippen LogP contribution in [0, 0.1) is 0 Å². The van der Waals surface area contributed by atoms with Gasteiger partial charge in [0.15, 0.2) is 0 Å². The Morgan fingerprint density at radius 2 is 2.06 bits per heavy atom. The molecule has 10 heteroatoms. The van der Waals surface area contributed by atoms with Crippen molar-refractivity contribution in [1.82, 2.24) is 25.2 Å². The van der Waals surface area contributed by atoms with Crippen LogP contribution in [0.5, 0.6) is 0 Å². The Labute approximate surface area is 186 Å². The maximum absolute atomic E-state index is 13.1. The lowest BCUT2D eigenvalue weighted by atomic mass is 10.1. The fourth-order valence-electron chi connectivity index (χ4n) is 3.38. The number of hydrogen-bond donors (Lipinski definition) is 0. The minimum Gasteiger partial charge on any atom is -0.463 e. The number of carbonyl (C=O) groups excluding carboxylic acids is 1. The third-order valence-electron chi connectivity index (χ3n) is 4.84. The number of aromatic nitrogens is 4. The summed E-state index contributed by atoms with van der Waals surface area (Å²) in [5, 5.41) is 20.7. The molecule has 4 aromatic rings. The van der Waals surface area contributed by atoms with E-state index < -0.39 is 0 Å². The van der Waals surface area contributed by atoms with E-state index in [0.29, 0.717) is 23.9 Å². The van der Waals surface area contributed by atoms with Gasteiger partial charge >= 0.3 is 0 Å². The fourth-order valence-corrected chi connectivity index (χ4v) is 4.92. The summed E-state index contributed by atoms with van der Waals surface area (Å²) >= 11 is 2.93. The number of carbonyl (C=O) groups is 1. The summed E-state index contributed by atoms with van der Waals surface area (Å²) in [5.41, 5.74) is 1.86. The summed E-state index contributed by atoms with van der Waals surface area (Å²) in [6.07, 6.45) is 2.24. The van der Waals surface area contributed by atoms with E-state index in [4.69, 9.17) is 4.42 Å². The Kier molecular flexibility index (Phi) is 5.63. The zero-order chi connectivity index (χ0) is 21.0. The Morgan fingerprint density at radius 1 is 1.16 bits per heavy atom. The molecule has 8 nitrogen and oxygen atoms in total. The molecule has 31 heavy (non-hydrogen) atoms. The molecule has 0 aliphatic carbocycles. The number of thiophene rings is 1. The highest BCUT2D eigenvalue weighted by Crippen LogP contribution is 2.35. The Morgan fingerprint density at radius 3 is 2.84 bits per heavy atom. The molecule has 0 saturated carbocycles. The number of hydrazone groups is 1. The molecule has 1 aromatic carbocycles. The minimum atomic E-state index is -0.131. The maximum atomic E-state index is 13.1. The van der Waals surface area contributed by atoms with Gasteiger partial charge in [-0.3, -0.25) is 4.79 Å². The quantitative estimate of drug-likeness (QED) is 0.398. The van der Waals surface area contributed by atoms with Crippen molar-refractivity contribution in [3.63, 3.8) is 0 Å². The summed E-state index contributed by atoms with van der Waals surface area (Å²) < 4.78 is 7.20. The zero-order valence-corrected chi connectivity index (χ0v) is 18.0. The van der Waals surface area contributed by atoms with Crippen LogP contribution in [-0.2, 0) is 11.3 Å². The molecule has 1 aliphatic rings. The Balaban J connectivity index is 1.31. The maximum Gasteiger partial charge on any atom is 0.253 e. The van der Waals surface area contributed by atoms with Crippen LogP contribution in [0.25, 0.3) is 0 Å². The number of benzene rings is 1. The number of nitrogens with zero attached hydrogens (tertiary/aromatic N) is 6. The van der Waals surface area contributed by atoms with Crippen molar-refractivity contribution in [2.45, 2.75) is 24.2 Å². The minimum absolute atomic E-state index is 0.0979. The predicted molar refractivity (Wildman–Crippen MR) is 118 cm³/mol. The van der Waals surface area contributed by atoms with Gasteiger partial charge < -0.3 is 4.42 Å². The standard InChI is InChI=1S/C21H18N6O2S2/c28-20(14-31-21-22-24-25-26(21)13-15-6-2-1-3-7-15)27-17(19-9-5-11-30-19)12-16(23-27)18-8-4-10-29-18/h1-11,17H,12-14H2/t17-/m0/s1. The van der Waals surface area contributed by atoms with Crippen LogP contribution in [0.1, 0.15) is 28.7 Å². The molecule has 0 spiro atoms. The van der Waals surface area contributed by atoms with Crippen LogP contribution >= 0.6 is 23.1 Å². The van der Waals surface area contributed by atoms with E-state index in [1.807, 2.05) is 60.0 Å². The van der Waals surface area contributed by atoms with E-state index in [2.05, 4.69) is 20.6 Å². The van der Waals surface area contributed by atoms with Crippen molar-refractivity contribution in [3.05, 3.63) is 82.4 Å². The van der Waals surface area contributed by atoms with E-state index in [1.165, 1.54) is 11.8 Å². The lowest BCUT2D eigenvalue weighted by molar-refractivity contribution is -0.130. The van der Waals surface area contributed by atoms with Crippen LogP contribution in [0.3, 0.4) is 0 Å². The Bertz CT molecular complexity index is 1170. The van der Waals surface area contributed by atoms with E-state index in [9.17, 15) is 4.79 Å². The molecular formula is C21H18N6O2S2. The van der Waals surface area contributed by atoms with Crippen LogP contribution < -0.4 is 0 Å². The van der Waals surface area contributed by atoms with Crippen LogP contribution in [-0.4, -0.2) is 42.6 Å². The average Bonchev–Trinajstić information content (AvgIpc) is 3.59. The van der Waals surface area contributed by atoms with E-state index in [0.717, 1.165) is 16.2 Å². The molecule has 3 aromatic heterocycles. The second kappa shape index (κ2) is 8.86. The predicted octanol–water partition coefficient (Wildman–Crippen LogP) is 3.85. The second-order valence-corrected chi connectivity index (χ2v) is 8.81. The molecule has 1 aliphatic heterocycles. The van der Waals surface area contributed by atoms with E-state index in [1.54, 1.807) is 27.3 Å². The van der Waals surface area contributed by atoms with Gasteiger partial charge in [-0.2, -0.15) is 5.10 Å². The van der Waals surface area contributed by atoms with Crippen LogP contribution in [0.4, 0.5) is 0 Å². The number of rotatable bonds is 7. The first-order valence-corrected chi connectivity index (χ1v) is 11.5.